The molecule has 19 heteroatoms. The fourth-order valence-electron chi connectivity index (χ4n) is 8.09. The molecule has 63 heavy (non-hydrogen) atoms. The summed E-state index contributed by atoms with van der Waals surface area (Å²) in [5.74, 6) is -1.71. The van der Waals surface area contributed by atoms with Crippen LogP contribution in [-0.2, 0) is 19.2 Å². The van der Waals surface area contributed by atoms with E-state index in [1.54, 1.807) is 29.5 Å². The Hall–Kier alpha value is -6.70. The van der Waals surface area contributed by atoms with Gasteiger partial charge < -0.3 is 10.1 Å². The van der Waals surface area contributed by atoms with E-state index in [-0.39, 0.29) is 36.1 Å². The molecule has 5 amide bonds. The highest BCUT2D eigenvalue weighted by atomic mass is 32.2. The number of nitrogens with zero attached hydrogens (tertiary/aromatic N) is 7. The van der Waals surface area contributed by atoms with Crippen molar-refractivity contribution in [2.24, 2.45) is 9.98 Å². The molecule has 0 bridgehead atoms. The zero-order valence-corrected chi connectivity index (χ0v) is 36.5. The van der Waals surface area contributed by atoms with Crippen molar-refractivity contribution in [3.05, 3.63) is 116 Å². The Morgan fingerprint density at radius 3 is 2.52 bits per heavy atom. The molecule has 3 aromatic carbocycles. The highest BCUT2D eigenvalue weighted by Crippen LogP contribution is 2.40. The maximum Gasteiger partial charge on any atom is 0.313 e. The zero-order chi connectivity index (χ0) is 43.8. The molecule has 4 aliphatic heterocycles. The fourth-order valence-corrected chi connectivity index (χ4v) is 11.4. The molecule has 10 rings (SSSR count). The van der Waals surface area contributed by atoms with Crippen LogP contribution < -0.4 is 15.4 Å². The van der Waals surface area contributed by atoms with Crippen LogP contribution in [0.5, 0.6) is 5.75 Å². The van der Waals surface area contributed by atoms with Crippen LogP contribution in [0.15, 0.2) is 70.6 Å². The van der Waals surface area contributed by atoms with Crippen LogP contribution in [0.4, 0.5) is 5.69 Å². The molecule has 4 aliphatic rings. The summed E-state index contributed by atoms with van der Waals surface area (Å²) in [6.07, 6.45) is -0.0842. The SMILES string of the molecule is Cc1ccc(C2=N[C@@H](CC(=O)Oc3ccc4sc(C5=NC(C(=O)Nc6cccc7c6C(=O)N(C6CCC(=O)NC6=O)C7=O)CS5)nc4c3)c3nnc(C)n3-c3sc(C)c(C)c32)cc1. The third kappa shape index (κ3) is 7.05. The first-order valence-corrected chi connectivity index (χ1v) is 22.6. The lowest BCUT2D eigenvalue weighted by atomic mass is 9.99. The molecular weight excluding hydrogens is 863 g/mol. The van der Waals surface area contributed by atoms with E-state index >= 15 is 0 Å². The average Bonchev–Trinajstić information content (AvgIpc) is 4.08. The van der Waals surface area contributed by atoms with Gasteiger partial charge in [0.2, 0.25) is 17.7 Å². The van der Waals surface area contributed by atoms with Crippen LogP contribution in [-0.4, -0.2) is 88.7 Å². The fraction of sp³-hybridized carbons (Fsp3) is 0.250. The molecule has 316 valence electrons. The summed E-state index contributed by atoms with van der Waals surface area (Å²) in [5.41, 5.74) is 5.70. The van der Waals surface area contributed by atoms with Gasteiger partial charge in [-0.1, -0.05) is 35.9 Å². The number of thiazole rings is 1. The predicted octanol–water partition coefficient (Wildman–Crippen LogP) is 5.96. The van der Waals surface area contributed by atoms with E-state index in [4.69, 9.17) is 14.7 Å². The third-order valence-electron chi connectivity index (χ3n) is 11.4. The Bertz CT molecular complexity index is 3070. The van der Waals surface area contributed by atoms with E-state index in [1.165, 1.54) is 35.2 Å². The van der Waals surface area contributed by atoms with Crippen LogP contribution in [0, 0.1) is 27.7 Å². The lowest BCUT2D eigenvalue weighted by molar-refractivity contribution is -0.137. The number of thiophene rings is 1. The van der Waals surface area contributed by atoms with E-state index < -0.39 is 53.6 Å². The van der Waals surface area contributed by atoms with Crippen molar-refractivity contribution < 1.29 is 33.5 Å². The van der Waals surface area contributed by atoms with Crippen molar-refractivity contribution in [3.8, 4) is 10.8 Å². The Balaban J connectivity index is 0.848. The number of benzene rings is 3. The summed E-state index contributed by atoms with van der Waals surface area (Å²) in [4.78, 5) is 95.0. The Morgan fingerprint density at radius 1 is 0.921 bits per heavy atom. The normalized spacial score (nSPS) is 19.3. The number of ether oxygens (including phenoxy) is 1. The van der Waals surface area contributed by atoms with E-state index in [0.29, 0.717) is 38.7 Å². The molecule has 6 aromatic rings. The molecule has 0 saturated carbocycles. The largest absolute Gasteiger partial charge is 0.426 e. The van der Waals surface area contributed by atoms with Gasteiger partial charge in [0.1, 0.15) is 44.8 Å². The highest BCUT2D eigenvalue weighted by molar-refractivity contribution is 8.15. The van der Waals surface area contributed by atoms with Crippen LogP contribution in [0.3, 0.4) is 0 Å². The first-order valence-electron chi connectivity index (χ1n) is 20.0. The van der Waals surface area contributed by atoms with Gasteiger partial charge in [-0.3, -0.25) is 53.5 Å². The third-order valence-corrected chi connectivity index (χ3v) is 14.8. The molecule has 3 aromatic heterocycles. The van der Waals surface area contributed by atoms with Crippen molar-refractivity contribution in [3.63, 3.8) is 0 Å². The maximum atomic E-state index is 13.7. The molecule has 2 N–H and O–H groups in total. The standard InChI is InChI=1S/C44H35N9O7S3/c1-19-8-10-23(11-9-19)36-34-20(2)21(3)62-44(34)52-22(4)50-51-37(52)28(45-36)17-33(55)60-24-12-14-31-27(16-24)47-41(63-31)40-48-29(18-61-40)38(56)46-26-7-5-6-25-35(26)43(59)53(42(25)58)30-13-15-32(54)49-39(30)57/h5-12,14,16,28-30H,13,15,17-18H2,1-4H3,(H,46,56)(H,49,54,57)/t28-,29?,30?/m0/s1. The van der Waals surface area contributed by atoms with E-state index in [2.05, 4.69) is 39.7 Å². The zero-order valence-electron chi connectivity index (χ0n) is 34.0. The van der Waals surface area contributed by atoms with Crippen molar-refractivity contribution in [2.45, 2.75) is 65.1 Å². The van der Waals surface area contributed by atoms with E-state index in [1.807, 2.05) is 48.7 Å². The Kier molecular flexibility index (Phi) is 9.99. The van der Waals surface area contributed by atoms with Gasteiger partial charge in [0, 0.05) is 34.2 Å². The number of carbonyl (C=O) groups excluding carboxylic acids is 6. The number of carbonyl (C=O) groups is 6. The molecule has 1 saturated heterocycles. The Morgan fingerprint density at radius 2 is 1.73 bits per heavy atom. The molecule has 7 heterocycles. The van der Waals surface area contributed by atoms with Gasteiger partial charge in [-0.2, -0.15) is 0 Å². The quantitative estimate of drug-likeness (QED) is 0.104. The Labute approximate surface area is 370 Å². The summed E-state index contributed by atoms with van der Waals surface area (Å²) in [6, 6.07) is 15.3. The molecule has 1 fully saturated rings. The molecule has 0 aliphatic carbocycles. The van der Waals surface area contributed by atoms with Gasteiger partial charge in [0.15, 0.2) is 5.82 Å². The topological polar surface area (TPSA) is 207 Å². The minimum atomic E-state index is -1.13. The summed E-state index contributed by atoms with van der Waals surface area (Å²) in [7, 11) is 0. The smallest absolute Gasteiger partial charge is 0.313 e. The lowest BCUT2D eigenvalue weighted by Gasteiger charge is -2.27. The summed E-state index contributed by atoms with van der Waals surface area (Å²) >= 11 is 4.39. The number of aromatic nitrogens is 4. The number of aryl methyl sites for hydroxylation is 3. The molecule has 0 radical (unpaired) electrons. The maximum absolute atomic E-state index is 13.7. The molecule has 3 atom stereocenters. The first kappa shape index (κ1) is 40.4. The lowest BCUT2D eigenvalue weighted by Crippen LogP contribution is -2.54. The van der Waals surface area contributed by atoms with Crippen molar-refractivity contribution in [2.75, 3.05) is 11.1 Å². The van der Waals surface area contributed by atoms with Crippen molar-refractivity contribution >= 4 is 96.6 Å². The minimum absolute atomic E-state index is 0.00786. The number of thioether (sulfide) groups is 1. The van der Waals surface area contributed by atoms with Gasteiger partial charge in [-0.05, 0) is 63.9 Å². The number of hydrogen-bond donors (Lipinski definition) is 2. The van der Waals surface area contributed by atoms with Crippen LogP contribution in [0.1, 0.15) is 89.8 Å². The number of piperidine rings is 1. The predicted molar refractivity (Wildman–Crippen MR) is 237 cm³/mol. The summed E-state index contributed by atoms with van der Waals surface area (Å²) in [6.45, 7) is 8.10. The van der Waals surface area contributed by atoms with E-state index in [0.717, 1.165) is 47.4 Å². The van der Waals surface area contributed by atoms with Crippen molar-refractivity contribution in [1.82, 2.24) is 30.0 Å². The second-order valence-electron chi connectivity index (χ2n) is 15.5. The van der Waals surface area contributed by atoms with Gasteiger partial charge in [-0.15, -0.1) is 44.6 Å². The summed E-state index contributed by atoms with van der Waals surface area (Å²) in [5, 5.41) is 15.9. The number of anilines is 1. The first-order chi connectivity index (χ1) is 30.3. The number of esters is 1. The van der Waals surface area contributed by atoms with Gasteiger partial charge in [-0.25, -0.2) is 4.98 Å². The van der Waals surface area contributed by atoms with Crippen LogP contribution in [0.25, 0.3) is 15.2 Å². The number of amides is 5. The van der Waals surface area contributed by atoms with Gasteiger partial charge in [0.05, 0.1) is 39.2 Å². The molecule has 16 nitrogen and oxygen atoms in total. The van der Waals surface area contributed by atoms with E-state index in [9.17, 15) is 28.8 Å². The monoisotopic (exact) mass is 897 g/mol. The van der Waals surface area contributed by atoms with Crippen molar-refractivity contribution in [1.29, 1.82) is 0 Å². The minimum Gasteiger partial charge on any atom is -0.426 e. The summed E-state index contributed by atoms with van der Waals surface area (Å²) < 4.78 is 8.73. The number of fused-ring (bicyclic) bond motifs is 5. The number of nitrogens with one attached hydrogen (secondary N) is 2. The van der Waals surface area contributed by atoms with Crippen LogP contribution in [0.2, 0.25) is 0 Å². The average molecular weight is 898 g/mol. The molecular formula is C44H35N9O7S3. The number of imide groups is 2. The second-order valence-corrected chi connectivity index (χ2v) is 18.8. The molecule has 0 spiro atoms. The van der Waals surface area contributed by atoms with Crippen LogP contribution >= 0.6 is 34.4 Å². The number of hydrogen-bond acceptors (Lipinski definition) is 15. The second kappa shape index (κ2) is 15.6. The molecule has 2 unspecified atom stereocenters. The van der Waals surface area contributed by atoms with Gasteiger partial charge >= 0.3 is 5.97 Å². The van der Waals surface area contributed by atoms with Gasteiger partial charge in [0.25, 0.3) is 11.8 Å². The number of aliphatic imine (C=N–C) groups is 2. The highest BCUT2D eigenvalue weighted by Gasteiger charge is 2.46. The number of rotatable bonds is 8.